The maximum atomic E-state index is 11.8. The van der Waals surface area contributed by atoms with Crippen molar-refractivity contribution in [3.63, 3.8) is 0 Å². The van der Waals surface area contributed by atoms with E-state index in [-0.39, 0.29) is 24.2 Å². The third-order valence-electron chi connectivity index (χ3n) is 3.70. The highest BCUT2D eigenvalue weighted by molar-refractivity contribution is 7.91. The highest BCUT2D eigenvalue weighted by atomic mass is 32.2. The SMILES string of the molecule is CCOC(=O)c1cc(N(C)C2CCS(=O)(=O)C2)ccc1N. The zero-order valence-electron chi connectivity index (χ0n) is 12.2. The van der Waals surface area contributed by atoms with Crippen molar-refractivity contribution < 1.29 is 17.9 Å². The van der Waals surface area contributed by atoms with Crippen molar-refractivity contribution in [2.75, 3.05) is 35.8 Å². The molecule has 1 unspecified atom stereocenters. The van der Waals surface area contributed by atoms with Gasteiger partial charge in [0.15, 0.2) is 9.84 Å². The van der Waals surface area contributed by atoms with Crippen LogP contribution in [0.5, 0.6) is 0 Å². The molecule has 1 heterocycles. The first kappa shape index (κ1) is 15.6. The van der Waals surface area contributed by atoms with Gasteiger partial charge in [-0.1, -0.05) is 0 Å². The molecule has 0 amide bonds. The number of esters is 1. The molecule has 0 spiro atoms. The van der Waals surface area contributed by atoms with E-state index in [0.717, 1.165) is 5.69 Å². The van der Waals surface area contributed by atoms with Gasteiger partial charge in [0.05, 0.1) is 23.7 Å². The maximum absolute atomic E-state index is 11.8. The van der Waals surface area contributed by atoms with Gasteiger partial charge in [-0.3, -0.25) is 0 Å². The molecule has 1 aromatic carbocycles. The van der Waals surface area contributed by atoms with Crippen molar-refractivity contribution in [1.82, 2.24) is 0 Å². The van der Waals surface area contributed by atoms with Gasteiger partial charge in [-0.15, -0.1) is 0 Å². The predicted molar refractivity (Wildman–Crippen MR) is 82.3 cm³/mol. The van der Waals surface area contributed by atoms with E-state index in [4.69, 9.17) is 10.5 Å². The molecule has 6 nitrogen and oxygen atoms in total. The molecule has 0 radical (unpaired) electrons. The normalized spacial score (nSPS) is 20.2. The van der Waals surface area contributed by atoms with Gasteiger partial charge in [-0.2, -0.15) is 0 Å². The fraction of sp³-hybridized carbons (Fsp3) is 0.500. The number of hydrogen-bond donors (Lipinski definition) is 1. The molecule has 1 aromatic rings. The maximum Gasteiger partial charge on any atom is 0.340 e. The third kappa shape index (κ3) is 3.47. The zero-order chi connectivity index (χ0) is 15.6. The average Bonchev–Trinajstić information content (AvgIpc) is 2.79. The average molecular weight is 312 g/mol. The van der Waals surface area contributed by atoms with Crippen LogP contribution in [0.15, 0.2) is 18.2 Å². The van der Waals surface area contributed by atoms with E-state index >= 15 is 0 Å². The van der Waals surface area contributed by atoms with Crippen LogP contribution in [0.4, 0.5) is 11.4 Å². The molecule has 1 fully saturated rings. The third-order valence-corrected chi connectivity index (χ3v) is 5.45. The van der Waals surface area contributed by atoms with E-state index in [2.05, 4.69) is 0 Å². The summed E-state index contributed by atoms with van der Waals surface area (Å²) >= 11 is 0. The largest absolute Gasteiger partial charge is 0.462 e. The molecule has 2 rings (SSSR count). The predicted octanol–water partition coefficient (Wildman–Crippen LogP) is 1.07. The lowest BCUT2D eigenvalue weighted by atomic mass is 10.1. The van der Waals surface area contributed by atoms with Crippen LogP contribution >= 0.6 is 0 Å². The number of nitrogens with two attached hydrogens (primary N) is 1. The number of hydrogen-bond acceptors (Lipinski definition) is 6. The molecule has 1 atom stereocenters. The van der Waals surface area contributed by atoms with E-state index in [1.54, 1.807) is 25.1 Å². The van der Waals surface area contributed by atoms with Crippen molar-refractivity contribution in [1.29, 1.82) is 0 Å². The fourth-order valence-corrected chi connectivity index (χ4v) is 4.22. The summed E-state index contributed by atoms with van der Waals surface area (Å²) in [5.41, 5.74) is 7.22. The smallest absolute Gasteiger partial charge is 0.340 e. The molecule has 0 bridgehead atoms. The van der Waals surface area contributed by atoms with Crippen LogP contribution in [-0.2, 0) is 14.6 Å². The number of nitrogen functional groups attached to an aromatic ring is 1. The van der Waals surface area contributed by atoms with E-state index in [0.29, 0.717) is 17.7 Å². The second-order valence-corrected chi connectivity index (χ2v) is 7.39. The van der Waals surface area contributed by atoms with E-state index in [9.17, 15) is 13.2 Å². The minimum Gasteiger partial charge on any atom is -0.462 e. The standard InChI is InChI=1S/C14H20N2O4S/c1-3-20-14(17)12-8-10(4-5-13(12)15)16(2)11-6-7-21(18,19)9-11/h4-5,8,11H,3,6-7,9,15H2,1-2H3. The number of carbonyl (C=O) groups excluding carboxylic acids is 1. The minimum atomic E-state index is -2.95. The highest BCUT2D eigenvalue weighted by Gasteiger charge is 2.31. The number of rotatable bonds is 4. The summed E-state index contributed by atoms with van der Waals surface area (Å²) in [6.07, 6.45) is 0.595. The van der Waals surface area contributed by atoms with Crippen molar-refractivity contribution in [2.45, 2.75) is 19.4 Å². The van der Waals surface area contributed by atoms with Crippen molar-refractivity contribution in [2.24, 2.45) is 0 Å². The minimum absolute atomic E-state index is 0.0753. The van der Waals surface area contributed by atoms with Gasteiger partial charge in [-0.05, 0) is 31.5 Å². The van der Waals surface area contributed by atoms with Crippen LogP contribution in [0.1, 0.15) is 23.7 Å². The highest BCUT2D eigenvalue weighted by Crippen LogP contribution is 2.26. The zero-order valence-corrected chi connectivity index (χ0v) is 13.0. The van der Waals surface area contributed by atoms with Crippen molar-refractivity contribution in [3.05, 3.63) is 23.8 Å². The van der Waals surface area contributed by atoms with Gasteiger partial charge in [0.25, 0.3) is 0 Å². The van der Waals surface area contributed by atoms with Crippen LogP contribution in [0.25, 0.3) is 0 Å². The van der Waals surface area contributed by atoms with Gasteiger partial charge < -0.3 is 15.4 Å². The quantitative estimate of drug-likeness (QED) is 0.661. The van der Waals surface area contributed by atoms with Gasteiger partial charge in [-0.25, -0.2) is 13.2 Å². The second-order valence-electron chi connectivity index (χ2n) is 5.16. The van der Waals surface area contributed by atoms with Gasteiger partial charge in [0.2, 0.25) is 0 Å². The Labute approximate surface area is 124 Å². The number of anilines is 2. The summed E-state index contributed by atoms with van der Waals surface area (Å²) in [7, 11) is -1.12. The first-order valence-electron chi connectivity index (χ1n) is 6.84. The summed E-state index contributed by atoms with van der Waals surface area (Å²) in [4.78, 5) is 13.7. The topological polar surface area (TPSA) is 89.7 Å². The summed E-state index contributed by atoms with van der Waals surface area (Å²) in [5.74, 6) is -0.117. The lowest BCUT2D eigenvalue weighted by Crippen LogP contribution is -2.32. The molecule has 1 saturated heterocycles. The van der Waals surface area contributed by atoms with Gasteiger partial charge >= 0.3 is 5.97 Å². The van der Waals surface area contributed by atoms with Crippen LogP contribution < -0.4 is 10.6 Å². The van der Waals surface area contributed by atoms with Crippen LogP contribution in [0.2, 0.25) is 0 Å². The van der Waals surface area contributed by atoms with Crippen LogP contribution in [0.3, 0.4) is 0 Å². The van der Waals surface area contributed by atoms with Crippen molar-refractivity contribution in [3.8, 4) is 0 Å². The molecular formula is C14H20N2O4S. The summed E-state index contributed by atoms with van der Waals surface area (Å²) in [5, 5.41) is 0. The van der Waals surface area contributed by atoms with Gasteiger partial charge in [0.1, 0.15) is 0 Å². The molecule has 0 saturated carbocycles. The molecule has 7 heteroatoms. The fourth-order valence-electron chi connectivity index (χ4n) is 2.44. The Hall–Kier alpha value is -1.76. The lowest BCUT2D eigenvalue weighted by Gasteiger charge is -2.26. The van der Waals surface area contributed by atoms with Gasteiger partial charge in [0, 0.05) is 24.5 Å². The van der Waals surface area contributed by atoms with Crippen molar-refractivity contribution >= 4 is 27.2 Å². The molecule has 1 aliphatic rings. The molecule has 0 aromatic heterocycles. The number of carbonyl (C=O) groups is 1. The van der Waals surface area contributed by atoms with E-state index < -0.39 is 15.8 Å². The monoisotopic (exact) mass is 312 g/mol. The first-order valence-corrected chi connectivity index (χ1v) is 8.66. The Morgan fingerprint density at radius 1 is 1.48 bits per heavy atom. The first-order chi connectivity index (χ1) is 9.84. The Kier molecular flexibility index (Phi) is 4.41. The molecule has 21 heavy (non-hydrogen) atoms. The van der Waals surface area contributed by atoms with Crippen LogP contribution in [0, 0.1) is 0 Å². The Balaban J connectivity index is 2.24. The molecule has 1 aliphatic heterocycles. The number of nitrogens with zero attached hydrogens (tertiary/aromatic N) is 1. The Bertz CT molecular complexity index is 642. The second kappa shape index (κ2) is 5.93. The molecular weight excluding hydrogens is 292 g/mol. The Morgan fingerprint density at radius 3 is 2.76 bits per heavy atom. The summed E-state index contributed by atoms with van der Waals surface area (Å²) in [6.45, 7) is 2.01. The van der Waals surface area contributed by atoms with E-state index in [1.807, 2.05) is 11.9 Å². The summed E-state index contributed by atoms with van der Waals surface area (Å²) in [6, 6.07) is 5.00. The molecule has 2 N–H and O–H groups in total. The molecule has 0 aliphatic carbocycles. The Morgan fingerprint density at radius 2 is 2.19 bits per heavy atom. The van der Waals surface area contributed by atoms with E-state index in [1.165, 1.54) is 0 Å². The number of sulfone groups is 1. The van der Waals surface area contributed by atoms with Crippen LogP contribution in [-0.4, -0.2) is 45.6 Å². The number of ether oxygens (including phenoxy) is 1. The number of benzene rings is 1. The summed E-state index contributed by atoms with van der Waals surface area (Å²) < 4.78 is 28.1. The molecule has 116 valence electrons. The lowest BCUT2D eigenvalue weighted by molar-refractivity contribution is 0.0527.